The van der Waals surface area contributed by atoms with Gasteiger partial charge in [0, 0.05) is 30.9 Å². The minimum absolute atomic E-state index is 0.117. The molecule has 2 aliphatic rings. The Hall–Kier alpha value is -3.19. The zero-order valence-electron chi connectivity index (χ0n) is 19.3. The van der Waals surface area contributed by atoms with Crippen LogP contribution in [0.1, 0.15) is 19.4 Å². The van der Waals surface area contributed by atoms with Crippen molar-refractivity contribution in [1.29, 1.82) is 0 Å². The van der Waals surface area contributed by atoms with Crippen LogP contribution in [0.3, 0.4) is 0 Å². The van der Waals surface area contributed by atoms with Gasteiger partial charge in [0.1, 0.15) is 18.0 Å². The van der Waals surface area contributed by atoms with Gasteiger partial charge in [0.05, 0.1) is 26.0 Å². The summed E-state index contributed by atoms with van der Waals surface area (Å²) in [6.45, 7) is 5.32. The van der Waals surface area contributed by atoms with Crippen LogP contribution in [0.5, 0.6) is 0 Å². The fourth-order valence-corrected chi connectivity index (χ4v) is 4.31. The van der Waals surface area contributed by atoms with Crippen LogP contribution in [0.4, 0.5) is 10.5 Å². The van der Waals surface area contributed by atoms with Crippen molar-refractivity contribution in [1.82, 2.24) is 9.80 Å². The standard InChI is InChI=1S/C21H29N5O7S/c1-4-32-20(28)14(2)25-10-9-24(13-18(25)27)11-17-12-26(21(29)33-17)16-7-5-15(6-8-16)19(22)23-34(3,30)31/h5-8,14,17H,4,9-13H2,1-3H3,(H2,22,23). The van der Waals surface area contributed by atoms with Gasteiger partial charge in [-0.3, -0.25) is 14.6 Å². The first-order valence-electron chi connectivity index (χ1n) is 10.8. The minimum Gasteiger partial charge on any atom is -0.464 e. The molecule has 2 N–H and O–H groups in total. The van der Waals surface area contributed by atoms with Crippen LogP contribution in [0.2, 0.25) is 0 Å². The fraction of sp³-hybridized carbons (Fsp3) is 0.524. The number of esters is 1. The van der Waals surface area contributed by atoms with Gasteiger partial charge in [0.15, 0.2) is 0 Å². The molecule has 2 heterocycles. The quantitative estimate of drug-likeness (QED) is 0.293. The molecule has 0 bridgehead atoms. The molecule has 0 spiro atoms. The van der Waals surface area contributed by atoms with Crippen LogP contribution in [-0.2, 0) is 29.1 Å². The molecular weight excluding hydrogens is 466 g/mol. The first kappa shape index (κ1) is 25.4. The van der Waals surface area contributed by atoms with E-state index in [-0.39, 0.29) is 24.9 Å². The molecule has 0 aliphatic carbocycles. The monoisotopic (exact) mass is 495 g/mol. The van der Waals surface area contributed by atoms with Gasteiger partial charge < -0.3 is 20.1 Å². The molecule has 3 rings (SSSR count). The van der Waals surface area contributed by atoms with Crippen LogP contribution in [0.25, 0.3) is 0 Å². The number of nitrogens with zero attached hydrogens (tertiary/aromatic N) is 4. The van der Waals surface area contributed by atoms with Crippen LogP contribution in [-0.4, -0.2) is 99.8 Å². The van der Waals surface area contributed by atoms with Gasteiger partial charge in [0.25, 0.3) is 10.0 Å². The number of piperazine rings is 1. The highest BCUT2D eigenvalue weighted by molar-refractivity contribution is 7.89. The van der Waals surface area contributed by atoms with Crippen molar-refractivity contribution >= 4 is 39.5 Å². The molecular formula is C21H29N5O7S. The van der Waals surface area contributed by atoms with E-state index in [1.165, 1.54) is 9.80 Å². The molecule has 12 nitrogen and oxygen atoms in total. The van der Waals surface area contributed by atoms with Crippen molar-refractivity contribution in [2.24, 2.45) is 10.1 Å². The molecule has 0 saturated carbocycles. The van der Waals surface area contributed by atoms with E-state index in [9.17, 15) is 22.8 Å². The second-order valence-corrected chi connectivity index (χ2v) is 9.77. The third-order valence-corrected chi connectivity index (χ3v) is 6.03. The maximum atomic E-state index is 12.6. The van der Waals surface area contributed by atoms with Gasteiger partial charge in [0.2, 0.25) is 5.91 Å². The van der Waals surface area contributed by atoms with Crippen LogP contribution < -0.4 is 10.6 Å². The van der Waals surface area contributed by atoms with E-state index in [0.29, 0.717) is 37.4 Å². The maximum absolute atomic E-state index is 12.6. The number of nitrogens with two attached hydrogens (primary N) is 1. The number of sulfonamides is 1. The van der Waals surface area contributed by atoms with E-state index in [2.05, 4.69) is 4.40 Å². The van der Waals surface area contributed by atoms with Crippen LogP contribution in [0, 0.1) is 0 Å². The van der Waals surface area contributed by atoms with Crippen molar-refractivity contribution < 1.29 is 32.3 Å². The summed E-state index contributed by atoms with van der Waals surface area (Å²) in [5.41, 5.74) is 6.68. The number of benzene rings is 1. The molecule has 2 unspecified atom stereocenters. The average molecular weight is 496 g/mol. The van der Waals surface area contributed by atoms with Crippen molar-refractivity contribution in [2.75, 3.05) is 50.5 Å². The van der Waals surface area contributed by atoms with Gasteiger partial charge >= 0.3 is 12.1 Å². The first-order chi connectivity index (χ1) is 16.0. The molecule has 0 aromatic heterocycles. The van der Waals surface area contributed by atoms with E-state index in [4.69, 9.17) is 15.2 Å². The van der Waals surface area contributed by atoms with Gasteiger partial charge in [-0.2, -0.15) is 0 Å². The van der Waals surface area contributed by atoms with E-state index >= 15 is 0 Å². The molecule has 13 heteroatoms. The molecule has 0 radical (unpaired) electrons. The molecule has 2 fully saturated rings. The largest absolute Gasteiger partial charge is 0.464 e. The average Bonchev–Trinajstić information content (AvgIpc) is 3.12. The van der Waals surface area contributed by atoms with Gasteiger partial charge in [-0.15, -0.1) is 4.40 Å². The van der Waals surface area contributed by atoms with Crippen molar-refractivity contribution in [3.63, 3.8) is 0 Å². The Morgan fingerprint density at radius 3 is 2.53 bits per heavy atom. The summed E-state index contributed by atoms with van der Waals surface area (Å²) in [4.78, 5) is 41.8. The Bertz CT molecular complexity index is 1070. The zero-order chi connectivity index (χ0) is 25.0. The molecule has 2 atom stereocenters. The third-order valence-electron chi connectivity index (χ3n) is 5.51. The number of amidine groups is 1. The van der Waals surface area contributed by atoms with Crippen LogP contribution in [0.15, 0.2) is 28.7 Å². The lowest BCUT2D eigenvalue weighted by Crippen LogP contribution is -2.56. The van der Waals surface area contributed by atoms with E-state index in [1.54, 1.807) is 38.1 Å². The number of ether oxygens (including phenoxy) is 2. The summed E-state index contributed by atoms with van der Waals surface area (Å²) in [6, 6.07) is 5.75. The highest BCUT2D eigenvalue weighted by Gasteiger charge is 2.37. The highest BCUT2D eigenvalue weighted by atomic mass is 32.2. The minimum atomic E-state index is -3.62. The Labute approximate surface area is 198 Å². The maximum Gasteiger partial charge on any atom is 0.414 e. The summed E-state index contributed by atoms with van der Waals surface area (Å²) in [5, 5.41) is 0. The number of anilines is 1. The second kappa shape index (κ2) is 10.4. The number of amides is 2. The van der Waals surface area contributed by atoms with E-state index in [1.807, 2.05) is 4.90 Å². The summed E-state index contributed by atoms with van der Waals surface area (Å²) in [5.74, 6) is -0.756. The molecule has 2 aliphatic heterocycles. The number of hydrogen-bond acceptors (Lipinski definition) is 8. The van der Waals surface area contributed by atoms with Crippen LogP contribution >= 0.6 is 0 Å². The van der Waals surface area contributed by atoms with Crippen molar-refractivity contribution in [3.05, 3.63) is 29.8 Å². The first-order valence-corrected chi connectivity index (χ1v) is 12.7. The number of cyclic esters (lactones) is 1. The second-order valence-electron chi connectivity index (χ2n) is 8.12. The molecule has 1 aromatic carbocycles. The van der Waals surface area contributed by atoms with Crippen molar-refractivity contribution in [3.8, 4) is 0 Å². The predicted octanol–water partition coefficient (Wildman–Crippen LogP) is -0.227. The Morgan fingerprint density at radius 2 is 1.94 bits per heavy atom. The number of rotatable bonds is 8. The molecule has 2 saturated heterocycles. The summed E-state index contributed by atoms with van der Waals surface area (Å²) < 4.78 is 36.5. The Kier molecular flexibility index (Phi) is 7.77. The SMILES string of the molecule is CCOC(=O)C(C)N1CCN(CC2CN(c3ccc(C(N)=NS(C)(=O)=O)cc3)C(=O)O2)CC1=O. The van der Waals surface area contributed by atoms with Gasteiger partial charge in [-0.05, 0) is 38.1 Å². The smallest absolute Gasteiger partial charge is 0.414 e. The lowest BCUT2D eigenvalue weighted by molar-refractivity contribution is -0.156. The molecule has 2 amide bonds. The van der Waals surface area contributed by atoms with E-state index in [0.717, 1.165) is 6.26 Å². The molecule has 186 valence electrons. The number of hydrogen-bond donors (Lipinski definition) is 1. The number of carbonyl (C=O) groups is 3. The summed E-state index contributed by atoms with van der Waals surface area (Å²) >= 11 is 0. The normalized spacial score (nSPS) is 20.9. The fourth-order valence-electron chi connectivity index (χ4n) is 3.85. The lowest BCUT2D eigenvalue weighted by Gasteiger charge is -2.37. The van der Waals surface area contributed by atoms with E-state index < -0.39 is 34.2 Å². The van der Waals surface area contributed by atoms with Gasteiger partial charge in [-0.1, -0.05) is 0 Å². The van der Waals surface area contributed by atoms with Crippen molar-refractivity contribution in [2.45, 2.75) is 26.0 Å². The number of carbonyl (C=O) groups excluding carboxylic acids is 3. The molecule has 1 aromatic rings. The summed E-state index contributed by atoms with van der Waals surface area (Å²) in [6.07, 6.45) is -0.00877. The Morgan fingerprint density at radius 1 is 1.26 bits per heavy atom. The highest BCUT2D eigenvalue weighted by Crippen LogP contribution is 2.23. The lowest BCUT2D eigenvalue weighted by atomic mass is 10.1. The zero-order valence-corrected chi connectivity index (χ0v) is 20.2. The summed E-state index contributed by atoms with van der Waals surface area (Å²) in [7, 11) is -3.62. The Balaban J connectivity index is 1.57. The topological polar surface area (TPSA) is 152 Å². The predicted molar refractivity (Wildman–Crippen MR) is 124 cm³/mol. The third kappa shape index (κ3) is 6.23. The molecule has 34 heavy (non-hydrogen) atoms. The van der Waals surface area contributed by atoms with Gasteiger partial charge in [-0.25, -0.2) is 18.0 Å².